The molecule has 0 heterocycles. The van der Waals surface area contributed by atoms with Crippen LogP contribution in [-0.4, -0.2) is 5.97 Å². The lowest BCUT2D eigenvalue weighted by molar-refractivity contribution is -0.151. The molecule has 1 aromatic carbocycles. The molecular weight excluding hydrogens is 390 g/mol. The molecule has 0 radical (unpaired) electrons. The summed E-state index contributed by atoms with van der Waals surface area (Å²) in [6.45, 7) is 4.46. The van der Waals surface area contributed by atoms with Gasteiger partial charge in [-0.05, 0) is 24.3 Å². The third-order valence-corrected chi connectivity index (χ3v) is 4.67. The second kappa shape index (κ2) is 6.76. The highest BCUT2D eigenvalue weighted by Gasteiger charge is 2.62. The Labute approximate surface area is 150 Å². The predicted octanol–water partition coefficient (Wildman–Crippen LogP) is 5.58. The quantitative estimate of drug-likeness (QED) is 0.284. The van der Waals surface area contributed by atoms with Crippen LogP contribution in [0, 0.1) is 46.3 Å². The van der Waals surface area contributed by atoms with Gasteiger partial charge in [0.2, 0.25) is 5.82 Å². The van der Waals surface area contributed by atoms with Gasteiger partial charge in [0.15, 0.2) is 23.3 Å². The van der Waals surface area contributed by atoms with Gasteiger partial charge in [-0.15, -0.1) is 0 Å². The van der Waals surface area contributed by atoms with Gasteiger partial charge in [0.1, 0.15) is 10.6 Å². The molecule has 0 saturated heterocycles. The minimum atomic E-state index is -2.28. The molecule has 3 atom stereocenters. The van der Waals surface area contributed by atoms with Crippen LogP contribution in [-0.2, 0) is 9.53 Å². The highest BCUT2D eigenvalue weighted by molar-refractivity contribution is 6.55. The van der Waals surface area contributed by atoms with E-state index in [2.05, 4.69) is 0 Å². The molecule has 25 heavy (non-hydrogen) atoms. The van der Waals surface area contributed by atoms with Crippen molar-refractivity contribution >= 4 is 29.2 Å². The molecule has 0 aliphatic heterocycles. The smallest absolute Gasteiger partial charge is 0.310 e. The van der Waals surface area contributed by atoms with E-state index < -0.39 is 58.1 Å². The zero-order chi connectivity index (χ0) is 19.3. The van der Waals surface area contributed by atoms with E-state index in [-0.39, 0.29) is 10.4 Å². The van der Waals surface area contributed by atoms with E-state index in [0.29, 0.717) is 0 Å². The molecule has 2 nitrogen and oxygen atoms in total. The first-order valence-corrected chi connectivity index (χ1v) is 7.91. The highest BCUT2D eigenvalue weighted by atomic mass is 35.5. The average molecular weight is 403 g/mol. The summed E-state index contributed by atoms with van der Waals surface area (Å²) in [5.74, 6) is -12.5. The molecule has 9 heteroatoms. The van der Waals surface area contributed by atoms with Crippen LogP contribution < -0.4 is 0 Å². The SMILES string of the molecule is CC(OC(=O)C1C(C=C(Cl)Cl)C1(C)C)c1c(F)c(F)c(F)c(F)c1F. The van der Waals surface area contributed by atoms with Crippen molar-refractivity contribution < 1.29 is 31.5 Å². The van der Waals surface area contributed by atoms with Crippen molar-refractivity contribution in [2.45, 2.75) is 26.9 Å². The summed E-state index contributed by atoms with van der Waals surface area (Å²) in [5, 5.41) is 0. The number of benzene rings is 1. The van der Waals surface area contributed by atoms with Crippen LogP contribution in [0.2, 0.25) is 0 Å². The van der Waals surface area contributed by atoms with E-state index in [0.717, 1.165) is 6.92 Å². The van der Waals surface area contributed by atoms with Crippen LogP contribution >= 0.6 is 23.2 Å². The number of hydrogen-bond donors (Lipinski definition) is 0. The molecule has 0 spiro atoms. The van der Waals surface area contributed by atoms with Gasteiger partial charge in [0, 0.05) is 0 Å². The molecule has 138 valence electrons. The Bertz CT molecular complexity index is 730. The lowest BCUT2D eigenvalue weighted by Crippen LogP contribution is -2.17. The predicted molar refractivity (Wildman–Crippen MR) is 81.3 cm³/mol. The first-order valence-electron chi connectivity index (χ1n) is 7.15. The van der Waals surface area contributed by atoms with Gasteiger partial charge in [0.05, 0.1) is 11.5 Å². The normalized spacial score (nSPS) is 22.3. The Morgan fingerprint density at radius 3 is 1.92 bits per heavy atom. The Kier molecular flexibility index (Phi) is 5.40. The fourth-order valence-electron chi connectivity index (χ4n) is 2.86. The summed E-state index contributed by atoms with van der Waals surface area (Å²) in [4.78, 5) is 12.2. The van der Waals surface area contributed by atoms with Crippen molar-refractivity contribution in [3.8, 4) is 0 Å². The maximum absolute atomic E-state index is 13.8. The maximum Gasteiger partial charge on any atom is 0.310 e. The van der Waals surface area contributed by atoms with Crippen molar-refractivity contribution in [3.63, 3.8) is 0 Å². The number of halogens is 7. The first kappa shape index (κ1) is 20.0. The van der Waals surface area contributed by atoms with E-state index in [1.54, 1.807) is 13.8 Å². The molecule has 1 aliphatic carbocycles. The van der Waals surface area contributed by atoms with Crippen LogP contribution in [0.25, 0.3) is 0 Å². The van der Waals surface area contributed by atoms with E-state index in [1.807, 2.05) is 0 Å². The molecule has 1 aromatic rings. The Morgan fingerprint density at radius 2 is 1.48 bits per heavy atom. The zero-order valence-corrected chi connectivity index (χ0v) is 14.8. The lowest BCUT2D eigenvalue weighted by Gasteiger charge is -2.16. The topological polar surface area (TPSA) is 26.3 Å². The number of carbonyl (C=O) groups is 1. The fourth-order valence-corrected chi connectivity index (χ4v) is 3.13. The van der Waals surface area contributed by atoms with E-state index in [9.17, 15) is 26.7 Å². The summed E-state index contributed by atoms with van der Waals surface area (Å²) in [6, 6.07) is 0. The third kappa shape index (κ3) is 3.49. The van der Waals surface area contributed by atoms with E-state index in [4.69, 9.17) is 27.9 Å². The zero-order valence-electron chi connectivity index (χ0n) is 13.3. The molecule has 0 bridgehead atoms. The minimum absolute atomic E-state index is 0.0545. The monoisotopic (exact) mass is 402 g/mol. The maximum atomic E-state index is 13.8. The van der Waals surface area contributed by atoms with Crippen LogP contribution in [0.4, 0.5) is 22.0 Å². The summed E-state index contributed by atoms with van der Waals surface area (Å²) in [5.41, 5.74) is -1.77. The van der Waals surface area contributed by atoms with Gasteiger partial charge in [0.25, 0.3) is 0 Å². The minimum Gasteiger partial charge on any atom is -0.457 e. The largest absolute Gasteiger partial charge is 0.457 e. The van der Waals surface area contributed by atoms with Gasteiger partial charge in [-0.2, -0.15) is 0 Å². The van der Waals surface area contributed by atoms with Gasteiger partial charge in [-0.25, -0.2) is 22.0 Å². The van der Waals surface area contributed by atoms with Crippen LogP contribution in [0.3, 0.4) is 0 Å². The number of ether oxygens (including phenoxy) is 1. The molecule has 3 unspecified atom stereocenters. The Hall–Kier alpha value is -1.34. The Morgan fingerprint density at radius 1 is 1.04 bits per heavy atom. The van der Waals surface area contributed by atoms with Crippen molar-refractivity contribution in [2.75, 3.05) is 0 Å². The van der Waals surface area contributed by atoms with Crippen LogP contribution in [0.1, 0.15) is 32.4 Å². The van der Waals surface area contributed by atoms with Crippen LogP contribution in [0.15, 0.2) is 10.6 Å². The molecule has 1 saturated carbocycles. The first-order chi connectivity index (χ1) is 11.4. The standard InChI is InChI=1S/C16H13Cl2F5O2/c1-5(8-10(19)12(21)14(23)13(22)11(8)20)25-15(24)9-6(4-7(17)18)16(9,2)3/h4-6,9H,1-3H3. The summed E-state index contributed by atoms with van der Waals surface area (Å²) in [6.07, 6.45) is -0.248. The molecule has 2 rings (SSSR count). The number of esters is 1. The molecule has 1 aliphatic rings. The average Bonchev–Trinajstić information content (AvgIpc) is 3.03. The molecule has 1 fully saturated rings. The second-order valence-electron chi connectivity index (χ2n) is 6.34. The van der Waals surface area contributed by atoms with Crippen LogP contribution in [0.5, 0.6) is 0 Å². The van der Waals surface area contributed by atoms with Crippen molar-refractivity contribution in [2.24, 2.45) is 17.3 Å². The van der Waals surface area contributed by atoms with Crippen molar-refractivity contribution in [1.82, 2.24) is 0 Å². The van der Waals surface area contributed by atoms with E-state index >= 15 is 0 Å². The van der Waals surface area contributed by atoms with Gasteiger partial charge < -0.3 is 4.74 Å². The summed E-state index contributed by atoms with van der Waals surface area (Å²) < 4.78 is 72.0. The van der Waals surface area contributed by atoms with Crippen molar-refractivity contribution in [1.29, 1.82) is 0 Å². The van der Waals surface area contributed by atoms with Gasteiger partial charge in [-0.1, -0.05) is 37.0 Å². The highest BCUT2D eigenvalue weighted by Crippen LogP contribution is 2.60. The number of rotatable bonds is 4. The molecule has 0 aromatic heterocycles. The number of allylic oxidation sites excluding steroid dienone is 1. The van der Waals surface area contributed by atoms with E-state index in [1.165, 1.54) is 6.08 Å². The summed E-state index contributed by atoms with van der Waals surface area (Å²) in [7, 11) is 0. The molecule has 0 amide bonds. The van der Waals surface area contributed by atoms with Gasteiger partial charge >= 0.3 is 5.97 Å². The lowest BCUT2D eigenvalue weighted by atomic mass is 10.1. The Balaban J connectivity index is 2.26. The number of hydrogen-bond acceptors (Lipinski definition) is 2. The fraction of sp³-hybridized carbons (Fsp3) is 0.438. The van der Waals surface area contributed by atoms with Crippen molar-refractivity contribution in [3.05, 3.63) is 45.2 Å². The second-order valence-corrected chi connectivity index (χ2v) is 7.35. The molecular formula is C16H13Cl2F5O2. The third-order valence-electron chi connectivity index (χ3n) is 4.41. The summed E-state index contributed by atoms with van der Waals surface area (Å²) >= 11 is 11.1. The van der Waals surface area contributed by atoms with Gasteiger partial charge in [-0.3, -0.25) is 4.79 Å². The molecule has 0 N–H and O–H groups in total. The number of carbonyl (C=O) groups excluding carboxylic acids is 1.